The normalized spacial score (nSPS) is 21.7. The van der Waals surface area contributed by atoms with Gasteiger partial charge in [-0.3, -0.25) is 14.3 Å². The lowest BCUT2D eigenvalue weighted by atomic mass is 9.85. The monoisotopic (exact) mass is 391 g/mol. The molecular weight excluding hydrogens is 366 g/mol. The van der Waals surface area contributed by atoms with Crippen molar-refractivity contribution >= 4 is 11.8 Å². The summed E-state index contributed by atoms with van der Waals surface area (Å²) in [6.45, 7) is 0.431. The summed E-state index contributed by atoms with van der Waals surface area (Å²) in [7, 11) is 3.65. The van der Waals surface area contributed by atoms with E-state index in [1.807, 2.05) is 36.2 Å². The van der Waals surface area contributed by atoms with E-state index in [1.165, 1.54) is 0 Å². The first-order chi connectivity index (χ1) is 14.0. The molecule has 2 unspecified atom stereocenters. The number of benzene rings is 1. The van der Waals surface area contributed by atoms with Crippen molar-refractivity contribution in [3.63, 3.8) is 0 Å². The van der Waals surface area contributed by atoms with Crippen LogP contribution in [0.4, 0.5) is 0 Å². The van der Waals surface area contributed by atoms with Crippen molar-refractivity contribution in [2.45, 2.75) is 44.3 Å². The molecule has 2 amide bonds. The molecule has 0 spiro atoms. The van der Waals surface area contributed by atoms with Gasteiger partial charge in [-0.05, 0) is 43.0 Å². The van der Waals surface area contributed by atoms with E-state index in [2.05, 4.69) is 11.2 Å². The van der Waals surface area contributed by atoms with Crippen LogP contribution < -0.4 is 0 Å². The maximum absolute atomic E-state index is 13.5. The molecule has 1 aromatic carbocycles. The van der Waals surface area contributed by atoms with Crippen LogP contribution in [-0.2, 0) is 23.2 Å². The van der Waals surface area contributed by atoms with Crippen LogP contribution >= 0.6 is 0 Å². The van der Waals surface area contributed by atoms with Crippen LogP contribution in [-0.4, -0.2) is 44.5 Å². The van der Waals surface area contributed by atoms with Gasteiger partial charge in [-0.1, -0.05) is 12.1 Å². The molecule has 7 nitrogen and oxygen atoms in total. The number of hydrogen-bond acceptors (Lipinski definition) is 4. The molecule has 2 aliphatic rings. The lowest BCUT2D eigenvalue weighted by Crippen LogP contribution is -2.49. The first kappa shape index (κ1) is 19.2. The Morgan fingerprint density at radius 3 is 2.76 bits per heavy atom. The molecule has 29 heavy (non-hydrogen) atoms. The third-order valence-electron chi connectivity index (χ3n) is 5.91. The van der Waals surface area contributed by atoms with Crippen LogP contribution in [0.5, 0.6) is 0 Å². The third-order valence-corrected chi connectivity index (χ3v) is 5.91. The number of nitrogens with zero attached hydrogens (tertiary/aromatic N) is 5. The van der Waals surface area contributed by atoms with E-state index in [9.17, 15) is 9.59 Å². The van der Waals surface area contributed by atoms with E-state index in [0.717, 1.165) is 24.1 Å². The fourth-order valence-electron chi connectivity index (χ4n) is 4.35. The van der Waals surface area contributed by atoms with Crippen LogP contribution in [0, 0.1) is 17.2 Å². The second kappa shape index (κ2) is 7.70. The van der Waals surface area contributed by atoms with Crippen molar-refractivity contribution in [1.82, 2.24) is 19.6 Å². The molecule has 1 aromatic heterocycles. The van der Waals surface area contributed by atoms with E-state index in [4.69, 9.17) is 5.26 Å². The molecule has 4 rings (SSSR count). The van der Waals surface area contributed by atoms with Crippen LogP contribution in [0.25, 0.3) is 0 Å². The van der Waals surface area contributed by atoms with Gasteiger partial charge in [0.05, 0.1) is 29.3 Å². The Kier molecular flexibility index (Phi) is 5.10. The number of rotatable bonds is 5. The number of likely N-dealkylation sites (tertiary alicyclic amines) is 1. The highest BCUT2D eigenvalue weighted by atomic mass is 16.2. The quantitative estimate of drug-likeness (QED) is 0.784. The van der Waals surface area contributed by atoms with E-state index in [0.29, 0.717) is 24.9 Å². The summed E-state index contributed by atoms with van der Waals surface area (Å²) in [5, 5.41) is 13.4. The van der Waals surface area contributed by atoms with Gasteiger partial charge in [0.1, 0.15) is 0 Å². The van der Waals surface area contributed by atoms with Crippen LogP contribution in [0.1, 0.15) is 48.5 Å². The standard InChI is InChI=1S/C22H25N5O2/c1-25(14-16-5-3-4-15(12-16)13-23)22(29)18-8-9-20(28)27(17-6-7-17)21(18)19-10-11-24-26(19)2/h3-5,10-12,17-18,21H,6-9,14H2,1-2H3. The topological polar surface area (TPSA) is 82.2 Å². The van der Waals surface area contributed by atoms with E-state index in [-0.39, 0.29) is 29.8 Å². The van der Waals surface area contributed by atoms with Crippen molar-refractivity contribution in [2.24, 2.45) is 13.0 Å². The van der Waals surface area contributed by atoms with Crippen LogP contribution in [0.2, 0.25) is 0 Å². The van der Waals surface area contributed by atoms with Gasteiger partial charge in [-0.2, -0.15) is 10.4 Å². The lowest BCUT2D eigenvalue weighted by Gasteiger charge is -2.42. The Hall–Kier alpha value is -3.14. The zero-order chi connectivity index (χ0) is 20.5. The van der Waals surface area contributed by atoms with Gasteiger partial charge in [-0.25, -0.2) is 0 Å². The molecule has 2 heterocycles. The maximum Gasteiger partial charge on any atom is 0.228 e. The highest BCUT2D eigenvalue weighted by Gasteiger charge is 2.48. The molecule has 150 valence electrons. The Labute approximate surface area is 170 Å². The lowest BCUT2D eigenvalue weighted by molar-refractivity contribution is -0.148. The number of carbonyl (C=O) groups is 2. The summed E-state index contributed by atoms with van der Waals surface area (Å²) >= 11 is 0. The minimum Gasteiger partial charge on any atom is -0.341 e. The van der Waals surface area contributed by atoms with Crippen molar-refractivity contribution in [1.29, 1.82) is 5.26 Å². The maximum atomic E-state index is 13.5. The highest BCUT2D eigenvalue weighted by Crippen LogP contribution is 2.44. The summed E-state index contributed by atoms with van der Waals surface area (Å²) in [5.74, 6) is -0.142. The number of aromatic nitrogens is 2. The second-order valence-electron chi connectivity index (χ2n) is 8.01. The molecule has 1 aliphatic heterocycles. The SMILES string of the molecule is CN(Cc1cccc(C#N)c1)C(=O)C1CCC(=O)N(C2CC2)C1c1ccnn1C. The largest absolute Gasteiger partial charge is 0.341 e. The Bertz CT molecular complexity index is 972. The molecule has 7 heteroatoms. The van der Waals surface area contributed by atoms with E-state index >= 15 is 0 Å². The molecule has 0 bridgehead atoms. The van der Waals surface area contributed by atoms with Crippen molar-refractivity contribution in [2.75, 3.05) is 7.05 Å². The number of piperidine rings is 1. The highest BCUT2D eigenvalue weighted by molar-refractivity contribution is 5.85. The molecule has 2 aromatic rings. The third kappa shape index (κ3) is 3.75. The molecule has 0 radical (unpaired) electrons. The Morgan fingerprint density at radius 1 is 1.31 bits per heavy atom. The summed E-state index contributed by atoms with van der Waals surface area (Å²) in [4.78, 5) is 29.8. The fourth-order valence-corrected chi connectivity index (χ4v) is 4.35. The summed E-state index contributed by atoms with van der Waals surface area (Å²) in [6, 6.07) is 11.3. The fraction of sp³-hybridized carbons (Fsp3) is 0.455. The number of amides is 2. The number of nitriles is 1. The average molecular weight is 391 g/mol. The first-order valence-electron chi connectivity index (χ1n) is 10.0. The number of hydrogen-bond donors (Lipinski definition) is 0. The van der Waals surface area contributed by atoms with Gasteiger partial charge in [0.15, 0.2) is 0 Å². The average Bonchev–Trinajstić information content (AvgIpc) is 3.47. The van der Waals surface area contributed by atoms with Gasteiger partial charge >= 0.3 is 0 Å². The second-order valence-corrected chi connectivity index (χ2v) is 8.01. The summed E-state index contributed by atoms with van der Waals surface area (Å²) in [6.07, 6.45) is 4.66. The summed E-state index contributed by atoms with van der Waals surface area (Å²) < 4.78 is 1.77. The number of aryl methyl sites for hydroxylation is 1. The zero-order valence-corrected chi connectivity index (χ0v) is 16.8. The smallest absolute Gasteiger partial charge is 0.228 e. The molecule has 1 saturated carbocycles. The Balaban J connectivity index is 1.60. The van der Waals surface area contributed by atoms with E-state index < -0.39 is 0 Å². The predicted molar refractivity (Wildman–Crippen MR) is 106 cm³/mol. The van der Waals surface area contributed by atoms with Gasteiger partial charge in [0, 0.05) is 39.3 Å². The molecular formula is C22H25N5O2. The van der Waals surface area contributed by atoms with Crippen molar-refractivity contribution < 1.29 is 9.59 Å². The molecule has 1 saturated heterocycles. The zero-order valence-electron chi connectivity index (χ0n) is 16.8. The molecule has 0 N–H and O–H groups in total. The number of carbonyl (C=O) groups excluding carboxylic acids is 2. The molecule has 1 aliphatic carbocycles. The van der Waals surface area contributed by atoms with Crippen LogP contribution in [0.15, 0.2) is 36.5 Å². The summed E-state index contributed by atoms with van der Waals surface area (Å²) in [5.41, 5.74) is 2.41. The van der Waals surface area contributed by atoms with E-state index in [1.54, 1.807) is 28.9 Å². The minimum atomic E-state index is -0.298. The molecule has 2 fully saturated rings. The van der Waals surface area contributed by atoms with Crippen molar-refractivity contribution in [3.05, 3.63) is 53.3 Å². The predicted octanol–water partition coefficient (Wildman–Crippen LogP) is 2.39. The minimum absolute atomic E-state index is 0.0247. The Morgan fingerprint density at radius 2 is 2.10 bits per heavy atom. The first-order valence-corrected chi connectivity index (χ1v) is 10.0. The van der Waals surface area contributed by atoms with Crippen molar-refractivity contribution in [3.8, 4) is 6.07 Å². The van der Waals surface area contributed by atoms with Gasteiger partial charge in [-0.15, -0.1) is 0 Å². The van der Waals surface area contributed by atoms with Crippen LogP contribution in [0.3, 0.4) is 0 Å². The van der Waals surface area contributed by atoms with Gasteiger partial charge in [0.25, 0.3) is 0 Å². The van der Waals surface area contributed by atoms with Gasteiger partial charge < -0.3 is 9.80 Å². The molecule has 2 atom stereocenters. The van der Waals surface area contributed by atoms with Gasteiger partial charge in [0.2, 0.25) is 11.8 Å².